The van der Waals surface area contributed by atoms with Gasteiger partial charge < -0.3 is 36.0 Å². The Hall–Kier alpha value is -6.17. The molecular formula is C41H47N4O16S2+. The highest BCUT2D eigenvalue weighted by Crippen LogP contribution is 2.48. The van der Waals surface area contributed by atoms with Gasteiger partial charge >= 0.3 is 23.9 Å². The fourth-order valence-electron chi connectivity index (χ4n) is 7.25. The molecule has 0 aliphatic carbocycles. The molecule has 2 atom stereocenters. The van der Waals surface area contributed by atoms with E-state index in [4.69, 9.17) is 15.5 Å². The summed E-state index contributed by atoms with van der Waals surface area (Å²) in [6.07, 6.45) is 10.1. The summed E-state index contributed by atoms with van der Waals surface area (Å²) in [5.74, 6) is -7.20. The molecule has 0 saturated heterocycles. The molecule has 2 aliphatic rings. The van der Waals surface area contributed by atoms with Crippen LogP contribution in [0.25, 0.3) is 0 Å². The van der Waals surface area contributed by atoms with E-state index in [1.54, 1.807) is 53.5 Å². The zero-order chi connectivity index (χ0) is 46.9. The van der Waals surface area contributed by atoms with Crippen LogP contribution in [-0.4, -0.2) is 110 Å². The molecule has 2 aliphatic heterocycles. The van der Waals surface area contributed by atoms with Gasteiger partial charge in [0.2, 0.25) is 17.5 Å². The Morgan fingerprint density at radius 3 is 1.95 bits per heavy atom. The zero-order valence-corrected chi connectivity index (χ0v) is 36.0. The maximum atomic E-state index is 12.8. The summed E-state index contributed by atoms with van der Waals surface area (Å²) in [7, 11) is -4.57. The van der Waals surface area contributed by atoms with Gasteiger partial charge in [0.25, 0.3) is 10.1 Å². The molecule has 2 aromatic rings. The Bertz CT molecular complexity index is 2420. The molecule has 20 nitrogen and oxygen atoms in total. The smallest absolute Gasteiger partial charge is 0.326 e. The fourth-order valence-corrected chi connectivity index (χ4v) is 8.16. The van der Waals surface area contributed by atoms with Gasteiger partial charge in [0.05, 0.1) is 41.6 Å². The predicted octanol–water partition coefficient (Wildman–Crippen LogP) is 3.96. The topological polar surface area (TPSA) is 307 Å². The second-order valence-corrected chi connectivity index (χ2v) is 17.5. The molecule has 0 saturated carbocycles. The third-order valence-electron chi connectivity index (χ3n) is 10.3. The van der Waals surface area contributed by atoms with Crippen LogP contribution in [0.5, 0.6) is 0 Å². The summed E-state index contributed by atoms with van der Waals surface area (Å²) in [6.45, 7) is 7.60. The molecule has 0 unspecified atom stereocenters. The van der Waals surface area contributed by atoms with Gasteiger partial charge in [-0.25, -0.2) is 14.8 Å². The SMILES string of the molecule is CC1(C)C(/C=C/C=C/C=C/C=C2/N(CCC(=O)N[C@@H](CC(=O)O)C(=O)O)c3ccc(S(=O)(=O)O)cc3C2(C)C)=[N+](CCC(=O)N[C@@H](CC(=O)O)C(=O)O)c2ccc(SOOO)cc21. The highest BCUT2D eigenvalue weighted by Gasteiger charge is 2.45. The van der Waals surface area contributed by atoms with Crippen molar-refractivity contribution < 1.29 is 81.4 Å². The number of hydrogen-bond donors (Lipinski definition) is 8. The van der Waals surface area contributed by atoms with Crippen molar-refractivity contribution in [2.75, 3.05) is 18.0 Å². The zero-order valence-electron chi connectivity index (χ0n) is 34.4. The van der Waals surface area contributed by atoms with Crippen molar-refractivity contribution in [2.45, 2.75) is 86.1 Å². The number of anilines is 1. The minimum Gasteiger partial charge on any atom is -0.481 e. The third-order valence-corrected chi connectivity index (χ3v) is 11.7. The van der Waals surface area contributed by atoms with Crippen molar-refractivity contribution in [3.63, 3.8) is 0 Å². The van der Waals surface area contributed by atoms with Gasteiger partial charge in [-0.3, -0.25) is 23.7 Å². The molecule has 0 bridgehead atoms. The molecule has 2 aromatic carbocycles. The summed E-state index contributed by atoms with van der Waals surface area (Å²) >= 11 is 0.765. The van der Waals surface area contributed by atoms with Gasteiger partial charge in [0.1, 0.15) is 12.1 Å². The summed E-state index contributed by atoms with van der Waals surface area (Å²) in [5.41, 5.74) is 2.43. The maximum Gasteiger partial charge on any atom is 0.326 e. The second kappa shape index (κ2) is 20.8. The van der Waals surface area contributed by atoms with Gasteiger partial charge in [0, 0.05) is 52.4 Å². The molecule has 0 fully saturated rings. The number of fused-ring (bicyclic) bond motifs is 2. The Morgan fingerprint density at radius 1 is 0.794 bits per heavy atom. The van der Waals surface area contributed by atoms with E-state index in [2.05, 4.69) is 20.0 Å². The first-order valence-electron chi connectivity index (χ1n) is 19.0. The van der Waals surface area contributed by atoms with E-state index in [0.29, 0.717) is 21.8 Å². The van der Waals surface area contributed by atoms with Crippen molar-refractivity contribution >= 4 is 74.9 Å². The molecule has 0 radical (unpaired) electrons. The van der Waals surface area contributed by atoms with Crippen LogP contribution in [0.1, 0.15) is 64.5 Å². The molecule has 0 aromatic heterocycles. The lowest BCUT2D eigenvalue weighted by Crippen LogP contribution is -2.43. The number of aliphatic carboxylic acids is 4. The Balaban J connectivity index is 1.61. The first-order chi connectivity index (χ1) is 29.5. The number of hydrogen-bond acceptors (Lipinski definition) is 13. The van der Waals surface area contributed by atoms with E-state index in [9.17, 15) is 52.0 Å². The van der Waals surface area contributed by atoms with Gasteiger partial charge in [-0.15, -0.1) is 4.33 Å². The lowest BCUT2D eigenvalue weighted by molar-refractivity contribution is -0.436. The number of carbonyl (C=O) groups is 6. The highest BCUT2D eigenvalue weighted by molar-refractivity contribution is 7.94. The number of amides is 2. The number of rotatable bonds is 22. The molecule has 63 heavy (non-hydrogen) atoms. The number of carboxylic acids is 4. The fraction of sp³-hybridized carbons (Fsp3) is 0.341. The molecule has 2 amide bonds. The van der Waals surface area contributed by atoms with Gasteiger partial charge in [-0.1, -0.05) is 49.3 Å². The van der Waals surface area contributed by atoms with Crippen LogP contribution in [0.2, 0.25) is 0 Å². The number of benzene rings is 2. The Morgan fingerprint density at radius 2 is 1.38 bits per heavy atom. The number of allylic oxidation sites excluding steroid dienone is 8. The van der Waals surface area contributed by atoms with Gasteiger partial charge in [-0.05, 0) is 55.8 Å². The van der Waals surface area contributed by atoms with Crippen LogP contribution >= 0.6 is 12.0 Å². The number of carboxylic acid groups (broad SMARTS) is 4. The quantitative estimate of drug-likeness (QED) is 0.0207. The monoisotopic (exact) mass is 915 g/mol. The van der Waals surface area contributed by atoms with Crippen molar-refractivity contribution in [2.24, 2.45) is 0 Å². The largest absolute Gasteiger partial charge is 0.481 e. The Kier molecular flexibility index (Phi) is 16.3. The second-order valence-electron chi connectivity index (χ2n) is 15.3. The normalized spacial score (nSPS) is 17.0. The average Bonchev–Trinajstić information content (AvgIpc) is 3.53. The first-order valence-corrected chi connectivity index (χ1v) is 21.2. The lowest BCUT2D eigenvalue weighted by atomic mass is 9.81. The van der Waals surface area contributed by atoms with E-state index < -0.39 is 81.6 Å². The van der Waals surface area contributed by atoms with Crippen molar-refractivity contribution in [1.29, 1.82) is 0 Å². The molecular weight excluding hydrogens is 869 g/mol. The molecule has 2 heterocycles. The van der Waals surface area contributed by atoms with Gasteiger partial charge in [-0.2, -0.15) is 13.0 Å². The van der Waals surface area contributed by atoms with E-state index in [1.165, 1.54) is 18.2 Å². The first kappa shape index (κ1) is 49.5. The van der Waals surface area contributed by atoms with E-state index in [0.717, 1.165) is 29.0 Å². The third kappa shape index (κ3) is 12.5. The standard InChI is InChI=1S/C41H46N4O16S2/c1-40(2)26-20-24(62-61-60-56)12-14-30(26)44(18-16-34(46)42-28(38(52)53)22-36(48)49)32(40)10-8-6-5-7-9-11-33-41(3,4)27-21-25(63(57,58)59)13-15-31(27)45(33)19-17-35(47)43-29(39(54)55)23-37(50)51/h5-15,20-21,28-29H,16-19,22-23H2,1-4H3,(H7-,42,43,46,47,48,49,50,51,52,53,54,55,56,57,58,59)/p+1/t28-,29-/m0/s1. The van der Waals surface area contributed by atoms with E-state index >= 15 is 0 Å². The summed E-state index contributed by atoms with van der Waals surface area (Å²) < 4.78 is 40.3. The summed E-state index contributed by atoms with van der Waals surface area (Å²) in [6, 6.07) is 6.07. The number of nitrogens with zero attached hydrogens (tertiary/aromatic N) is 2. The van der Waals surface area contributed by atoms with Crippen molar-refractivity contribution in [1.82, 2.24) is 10.6 Å². The lowest BCUT2D eigenvalue weighted by Gasteiger charge is -2.27. The number of carbonyl (C=O) groups excluding carboxylic acids is 2. The molecule has 0 spiro atoms. The minimum absolute atomic E-state index is 0.00894. The van der Waals surface area contributed by atoms with Crippen LogP contribution in [0.4, 0.5) is 11.4 Å². The summed E-state index contributed by atoms with van der Waals surface area (Å²) in [5, 5.41) is 53.7. The van der Waals surface area contributed by atoms with E-state index in [1.807, 2.05) is 44.4 Å². The molecule has 338 valence electrons. The van der Waals surface area contributed by atoms with Crippen molar-refractivity contribution in [3.8, 4) is 0 Å². The minimum atomic E-state index is -4.57. The van der Waals surface area contributed by atoms with E-state index in [-0.39, 0.29) is 30.8 Å². The van der Waals surface area contributed by atoms with Crippen molar-refractivity contribution in [3.05, 3.63) is 95.8 Å². The molecule has 22 heteroatoms. The number of nitrogens with one attached hydrogen (secondary N) is 2. The molecule has 8 N–H and O–H groups in total. The van der Waals surface area contributed by atoms with Crippen LogP contribution in [-0.2, 0) is 59.1 Å². The summed E-state index contributed by atoms with van der Waals surface area (Å²) in [4.78, 5) is 73.0. The highest BCUT2D eigenvalue weighted by atomic mass is 32.2. The van der Waals surface area contributed by atoms with Crippen LogP contribution in [0, 0.1) is 0 Å². The Labute approximate surface area is 365 Å². The van der Waals surface area contributed by atoms with Crippen LogP contribution in [0.15, 0.2) is 94.4 Å². The van der Waals surface area contributed by atoms with Crippen LogP contribution < -0.4 is 15.5 Å². The molecule has 4 rings (SSSR count). The van der Waals surface area contributed by atoms with Crippen LogP contribution in [0.3, 0.4) is 0 Å². The maximum absolute atomic E-state index is 12.8. The van der Waals surface area contributed by atoms with Gasteiger partial charge in [0.15, 0.2) is 12.3 Å². The predicted molar refractivity (Wildman–Crippen MR) is 225 cm³/mol. The average molecular weight is 916 g/mol.